The van der Waals surface area contributed by atoms with E-state index in [2.05, 4.69) is 4.98 Å². The second-order valence-electron chi connectivity index (χ2n) is 4.43. The van der Waals surface area contributed by atoms with Crippen LogP contribution in [0.4, 0.5) is 5.69 Å². The fraction of sp³-hybridized carbons (Fsp3) is 0.143. The van der Waals surface area contributed by atoms with Gasteiger partial charge in [-0.05, 0) is 36.2 Å². The Bertz CT molecular complexity index is 792. The minimum Gasteiger partial charge on any atom is -0.396 e. The van der Waals surface area contributed by atoms with Gasteiger partial charge in [0.15, 0.2) is 9.84 Å². The molecule has 0 unspecified atom stereocenters. The number of benzene rings is 1. The fourth-order valence-electron chi connectivity index (χ4n) is 1.89. The van der Waals surface area contributed by atoms with Gasteiger partial charge in [0.2, 0.25) is 0 Å². The van der Waals surface area contributed by atoms with Gasteiger partial charge in [0, 0.05) is 6.20 Å². The minimum absolute atomic E-state index is 0.0799. The number of aryl methyl sites for hydroxylation is 1. The zero-order chi connectivity index (χ0) is 14.8. The molecular weight excluding hydrogens is 274 g/mol. The van der Waals surface area contributed by atoms with Crippen LogP contribution in [-0.4, -0.2) is 13.4 Å². The first-order chi connectivity index (χ1) is 9.44. The van der Waals surface area contributed by atoms with Crippen molar-refractivity contribution in [3.63, 3.8) is 0 Å². The average Bonchev–Trinajstić information content (AvgIpc) is 2.41. The molecule has 0 spiro atoms. The van der Waals surface area contributed by atoms with Gasteiger partial charge in [0.05, 0.1) is 34.2 Å². The third-order valence-corrected chi connectivity index (χ3v) is 4.70. The second kappa shape index (κ2) is 5.31. The van der Waals surface area contributed by atoms with Crippen molar-refractivity contribution in [2.24, 2.45) is 0 Å². The van der Waals surface area contributed by atoms with E-state index in [0.717, 1.165) is 5.56 Å². The monoisotopic (exact) mass is 287 g/mol. The van der Waals surface area contributed by atoms with Gasteiger partial charge >= 0.3 is 0 Å². The molecular formula is C14H13N3O2S. The second-order valence-corrected chi connectivity index (χ2v) is 6.38. The van der Waals surface area contributed by atoms with Crippen LogP contribution in [0.15, 0.2) is 41.6 Å². The summed E-state index contributed by atoms with van der Waals surface area (Å²) in [5, 5.41) is 8.81. The number of nitriles is 1. The van der Waals surface area contributed by atoms with Gasteiger partial charge in [-0.2, -0.15) is 5.26 Å². The fourth-order valence-corrected chi connectivity index (χ4v) is 3.46. The Balaban J connectivity index is 2.40. The Morgan fingerprint density at radius 1 is 1.35 bits per heavy atom. The molecule has 0 saturated carbocycles. The van der Waals surface area contributed by atoms with Gasteiger partial charge in [0.25, 0.3) is 0 Å². The number of hydrogen-bond donors (Lipinski definition) is 1. The number of nitrogen functional groups attached to an aromatic ring is 1. The molecule has 0 aliphatic rings. The lowest BCUT2D eigenvalue weighted by molar-refractivity contribution is 0.595. The maximum Gasteiger partial charge on any atom is 0.184 e. The highest BCUT2D eigenvalue weighted by Crippen LogP contribution is 2.23. The molecule has 1 aromatic heterocycles. The standard InChI is InChI=1S/C14H13N3O2S/c1-10-6-11(7-15)2-3-12(10)9-20(18,19)14-4-5-17-8-13(14)16/h2-6,8H,9,16H2,1H3. The molecule has 5 nitrogen and oxygen atoms in total. The van der Waals surface area contributed by atoms with E-state index in [0.29, 0.717) is 11.1 Å². The van der Waals surface area contributed by atoms with Crippen molar-refractivity contribution in [1.29, 1.82) is 5.26 Å². The molecule has 0 bridgehead atoms. The number of pyridine rings is 1. The van der Waals surface area contributed by atoms with E-state index in [1.165, 1.54) is 18.5 Å². The molecule has 2 aromatic rings. The van der Waals surface area contributed by atoms with Crippen molar-refractivity contribution in [3.05, 3.63) is 53.3 Å². The third kappa shape index (κ3) is 2.78. The molecule has 0 amide bonds. The largest absolute Gasteiger partial charge is 0.396 e. The zero-order valence-electron chi connectivity index (χ0n) is 10.9. The van der Waals surface area contributed by atoms with Crippen LogP contribution in [0.2, 0.25) is 0 Å². The van der Waals surface area contributed by atoms with E-state index < -0.39 is 9.84 Å². The summed E-state index contributed by atoms with van der Waals surface area (Å²) >= 11 is 0. The van der Waals surface area contributed by atoms with Crippen LogP contribution >= 0.6 is 0 Å². The Kier molecular flexibility index (Phi) is 3.72. The van der Waals surface area contributed by atoms with Crippen LogP contribution in [-0.2, 0) is 15.6 Å². The highest BCUT2D eigenvalue weighted by atomic mass is 32.2. The van der Waals surface area contributed by atoms with Crippen LogP contribution in [0.5, 0.6) is 0 Å². The van der Waals surface area contributed by atoms with E-state index in [1.807, 2.05) is 6.07 Å². The van der Waals surface area contributed by atoms with Gasteiger partial charge in [-0.15, -0.1) is 0 Å². The smallest absolute Gasteiger partial charge is 0.184 e. The summed E-state index contributed by atoms with van der Waals surface area (Å²) in [5.74, 6) is -0.154. The summed E-state index contributed by atoms with van der Waals surface area (Å²) in [6, 6.07) is 8.34. The Labute approximate surface area is 117 Å². The Morgan fingerprint density at radius 3 is 2.70 bits per heavy atom. The molecule has 0 atom stereocenters. The molecule has 6 heteroatoms. The molecule has 0 fully saturated rings. The summed E-state index contributed by atoms with van der Waals surface area (Å²) in [6.45, 7) is 1.78. The maximum atomic E-state index is 12.4. The van der Waals surface area contributed by atoms with Crippen LogP contribution in [0.3, 0.4) is 0 Å². The number of anilines is 1. The van der Waals surface area contributed by atoms with E-state index in [-0.39, 0.29) is 16.3 Å². The number of nitrogens with two attached hydrogens (primary N) is 1. The van der Waals surface area contributed by atoms with Gasteiger partial charge in [-0.25, -0.2) is 8.42 Å². The molecule has 102 valence electrons. The Hall–Kier alpha value is -2.39. The van der Waals surface area contributed by atoms with Crippen molar-refractivity contribution < 1.29 is 8.42 Å². The van der Waals surface area contributed by atoms with Crippen LogP contribution in [0, 0.1) is 18.3 Å². The zero-order valence-corrected chi connectivity index (χ0v) is 11.7. The van der Waals surface area contributed by atoms with Crippen LogP contribution < -0.4 is 5.73 Å². The number of nitrogens with zero attached hydrogens (tertiary/aromatic N) is 2. The van der Waals surface area contributed by atoms with Gasteiger partial charge in [-0.1, -0.05) is 6.07 Å². The molecule has 1 aromatic carbocycles. The van der Waals surface area contributed by atoms with Crippen molar-refractivity contribution in [2.45, 2.75) is 17.6 Å². The third-order valence-electron chi connectivity index (χ3n) is 2.96. The van der Waals surface area contributed by atoms with Crippen molar-refractivity contribution in [2.75, 3.05) is 5.73 Å². The van der Waals surface area contributed by atoms with Gasteiger partial charge in [-0.3, -0.25) is 4.98 Å². The lowest BCUT2D eigenvalue weighted by Gasteiger charge is -2.09. The molecule has 0 aliphatic carbocycles. The first-order valence-corrected chi connectivity index (χ1v) is 7.51. The average molecular weight is 287 g/mol. The molecule has 0 saturated heterocycles. The highest BCUT2D eigenvalue weighted by Gasteiger charge is 2.19. The van der Waals surface area contributed by atoms with Crippen LogP contribution in [0.1, 0.15) is 16.7 Å². The topological polar surface area (TPSA) is 96.8 Å². The highest BCUT2D eigenvalue weighted by molar-refractivity contribution is 7.90. The van der Waals surface area contributed by atoms with E-state index in [4.69, 9.17) is 11.0 Å². The van der Waals surface area contributed by atoms with E-state index in [1.54, 1.807) is 25.1 Å². The van der Waals surface area contributed by atoms with E-state index >= 15 is 0 Å². The molecule has 2 N–H and O–H groups in total. The predicted octanol–water partition coefficient (Wildman–Crippen LogP) is 1.82. The molecule has 0 aliphatic heterocycles. The molecule has 1 heterocycles. The van der Waals surface area contributed by atoms with Crippen LogP contribution in [0.25, 0.3) is 0 Å². The lowest BCUT2D eigenvalue weighted by Crippen LogP contribution is -2.09. The molecule has 0 radical (unpaired) electrons. The van der Waals surface area contributed by atoms with Crippen molar-refractivity contribution in [3.8, 4) is 6.07 Å². The minimum atomic E-state index is -3.53. The number of aromatic nitrogens is 1. The lowest BCUT2D eigenvalue weighted by atomic mass is 10.1. The van der Waals surface area contributed by atoms with Gasteiger partial charge < -0.3 is 5.73 Å². The van der Waals surface area contributed by atoms with Crippen molar-refractivity contribution >= 4 is 15.5 Å². The SMILES string of the molecule is Cc1cc(C#N)ccc1CS(=O)(=O)c1ccncc1N. The van der Waals surface area contributed by atoms with Gasteiger partial charge in [0.1, 0.15) is 0 Å². The summed E-state index contributed by atoms with van der Waals surface area (Å²) in [6.07, 6.45) is 2.72. The quantitative estimate of drug-likeness (QED) is 0.928. The molecule has 2 rings (SSSR count). The van der Waals surface area contributed by atoms with Crippen molar-refractivity contribution in [1.82, 2.24) is 4.98 Å². The Morgan fingerprint density at radius 2 is 2.10 bits per heavy atom. The maximum absolute atomic E-state index is 12.4. The normalized spacial score (nSPS) is 11.0. The first-order valence-electron chi connectivity index (χ1n) is 5.86. The molecule has 20 heavy (non-hydrogen) atoms. The number of sulfone groups is 1. The predicted molar refractivity (Wildman–Crippen MR) is 75.4 cm³/mol. The number of hydrogen-bond acceptors (Lipinski definition) is 5. The first kappa shape index (κ1) is 14.0. The van der Waals surface area contributed by atoms with E-state index in [9.17, 15) is 8.42 Å². The summed E-state index contributed by atoms with van der Waals surface area (Å²) in [5.41, 5.74) is 7.72. The number of rotatable bonds is 3. The summed E-state index contributed by atoms with van der Waals surface area (Å²) < 4.78 is 24.7. The summed E-state index contributed by atoms with van der Waals surface area (Å²) in [4.78, 5) is 3.86. The summed E-state index contributed by atoms with van der Waals surface area (Å²) in [7, 11) is -3.53.